The lowest BCUT2D eigenvalue weighted by atomic mass is 10.0. The molecule has 0 heterocycles. The number of likely N-dealkylation sites (N-methyl/N-ethyl adjacent to an activating group) is 1. The van der Waals surface area contributed by atoms with Crippen LogP contribution in [-0.2, 0) is 0 Å². The van der Waals surface area contributed by atoms with Gasteiger partial charge in [0.05, 0.1) is 22.6 Å². The average Bonchev–Trinajstić information content (AvgIpc) is 2.37. The molecule has 19 heavy (non-hydrogen) atoms. The maximum absolute atomic E-state index is 13.6. The van der Waals surface area contributed by atoms with Crippen LogP contribution in [0.3, 0.4) is 0 Å². The smallest absolute Gasteiger partial charge is 0.270 e. The molecule has 6 nitrogen and oxygen atoms in total. The Bertz CT molecular complexity index is 516. The molecule has 1 aromatic carbocycles. The van der Waals surface area contributed by atoms with Crippen LogP contribution < -0.4 is 0 Å². The molecule has 0 atom stereocenters. The quantitative estimate of drug-likeness (QED) is 0.665. The van der Waals surface area contributed by atoms with Crippen LogP contribution in [0.25, 0.3) is 0 Å². The molecule has 0 aliphatic heterocycles. The summed E-state index contributed by atoms with van der Waals surface area (Å²) >= 11 is 0. The summed E-state index contributed by atoms with van der Waals surface area (Å²) in [5.74, 6) is -1.56. The summed E-state index contributed by atoms with van der Waals surface area (Å²) in [4.78, 5) is 23.2. The van der Waals surface area contributed by atoms with E-state index in [-0.39, 0.29) is 12.3 Å². The van der Waals surface area contributed by atoms with Gasteiger partial charge in [0.15, 0.2) is 0 Å². The van der Waals surface area contributed by atoms with Crippen molar-refractivity contribution in [2.24, 2.45) is 0 Å². The van der Waals surface area contributed by atoms with Crippen LogP contribution in [0.2, 0.25) is 0 Å². The number of nitrogens with zero attached hydrogens (tertiary/aromatic N) is 2. The van der Waals surface area contributed by atoms with Crippen LogP contribution >= 0.6 is 0 Å². The van der Waals surface area contributed by atoms with Crippen molar-refractivity contribution in [1.82, 2.24) is 4.90 Å². The second kappa shape index (κ2) is 5.31. The predicted octanol–water partition coefficient (Wildman–Crippen LogP) is 1.58. The number of aliphatic hydroxyl groups excluding tert-OH is 1. The Hall–Kier alpha value is -2.02. The van der Waals surface area contributed by atoms with Gasteiger partial charge in [-0.1, -0.05) is 0 Å². The predicted molar refractivity (Wildman–Crippen MR) is 66.3 cm³/mol. The van der Waals surface area contributed by atoms with E-state index in [0.29, 0.717) is 0 Å². The minimum Gasteiger partial charge on any atom is -0.394 e. The zero-order chi connectivity index (χ0) is 14.8. The van der Waals surface area contributed by atoms with Crippen molar-refractivity contribution in [2.45, 2.75) is 19.4 Å². The molecule has 104 valence electrons. The first-order valence-electron chi connectivity index (χ1n) is 5.53. The normalized spacial score (nSPS) is 11.2. The zero-order valence-electron chi connectivity index (χ0n) is 10.9. The third kappa shape index (κ3) is 3.05. The number of aliphatic hydroxyl groups is 1. The molecule has 0 fully saturated rings. The van der Waals surface area contributed by atoms with Crippen LogP contribution in [-0.4, -0.2) is 40.0 Å². The number of benzene rings is 1. The molecule has 0 spiro atoms. The number of non-ortho nitro benzene ring substituents is 1. The Morgan fingerprint density at radius 2 is 2.11 bits per heavy atom. The van der Waals surface area contributed by atoms with Crippen molar-refractivity contribution in [3.63, 3.8) is 0 Å². The molecule has 1 aromatic rings. The highest BCUT2D eigenvalue weighted by molar-refractivity contribution is 5.95. The first-order valence-corrected chi connectivity index (χ1v) is 5.53. The standard InChI is InChI=1S/C12H15FN2O4/c1-12(2,7-16)14(3)11(17)9-6-8(15(18)19)4-5-10(9)13/h4-6,16H,7H2,1-3H3. The second-order valence-corrected chi connectivity index (χ2v) is 4.76. The van der Waals surface area contributed by atoms with Crippen LogP contribution in [0.1, 0.15) is 24.2 Å². The maximum Gasteiger partial charge on any atom is 0.270 e. The highest BCUT2D eigenvalue weighted by Gasteiger charge is 2.29. The summed E-state index contributed by atoms with van der Waals surface area (Å²) in [5, 5.41) is 19.8. The largest absolute Gasteiger partial charge is 0.394 e. The molecule has 1 N–H and O–H groups in total. The van der Waals surface area contributed by atoms with Gasteiger partial charge in [-0.15, -0.1) is 0 Å². The number of halogens is 1. The van der Waals surface area contributed by atoms with E-state index < -0.39 is 27.8 Å². The van der Waals surface area contributed by atoms with Gasteiger partial charge < -0.3 is 10.0 Å². The summed E-state index contributed by atoms with van der Waals surface area (Å²) in [6.45, 7) is 2.88. The Balaban J connectivity index is 3.19. The minimum atomic E-state index is -0.895. The fraction of sp³-hybridized carbons (Fsp3) is 0.417. The number of hydrogen-bond donors (Lipinski definition) is 1. The number of hydrogen-bond acceptors (Lipinski definition) is 4. The molecule has 0 unspecified atom stereocenters. The maximum atomic E-state index is 13.6. The summed E-state index contributed by atoms with van der Waals surface area (Å²) in [7, 11) is 1.40. The van der Waals surface area contributed by atoms with E-state index in [1.54, 1.807) is 13.8 Å². The highest BCUT2D eigenvalue weighted by atomic mass is 19.1. The fourth-order valence-electron chi connectivity index (χ4n) is 1.35. The molecule has 0 radical (unpaired) electrons. The monoisotopic (exact) mass is 270 g/mol. The molecule has 7 heteroatoms. The van der Waals surface area contributed by atoms with E-state index in [2.05, 4.69) is 0 Å². The van der Waals surface area contributed by atoms with Gasteiger partial charge in [0.25, 0.3) is 11.6 Å². The molecule has 1 amide bonds. The number of carbonyl (C=O) groups is 1. The molecule has 1 rings (SSSR count). The van der Waals surface area contributed by atoms with Crippen molar-refractivity contribution in [3.05, 3.63) is 39.7 Å². The van der Waals surface area contributed by atoms with Gasteiger partial charge in [-0.05, 0) is 19.9 Å². The van der Waals surface area contributed by atoms with Gasteiger partial charge in [0.2, 0.25) is 0 Å². The Morgan fingerprint density at radius 3 is 2.58 bits per heavy atom. The SMILES string of the molecule is CN(C(=O)c1cc([N+](=O)[O-])ccc1F)C(C)(C)CO. The molecular weight excluding hydrogens is 255 g/mol. The number of nitro groups is 1. The summed E-state index contributed by atoms with van der Waals surface area (Å²) in [6.07, 6.45) is 0. The highest BCUT2D eigenvalue weighted by Crippen LogP contribution is 2.21. The lowest BCUT2D eigenvalue weighted by Crippen LogP contribution is -2.47. The molecule has 0 saturated carbocycles. The van der Waals surface area contributed by atoms with E-state index in [1.165, 1.54) is 7.05 Å². The van der Waals surface area contributed by atoms with Crippen molar-refractivity contribution in [3.8, 4) is 0 Å². The Morgan fingerprint density at radius 1 is 1.53 bits per heavy atom. The summed E-state index contributed by atoms with van der Waals surface area (Å²) in [6, 6.07) is 2.76. The molecule has 0 aliphatic carbocycles. The van der Waals surface area contributed by atoms with Gasteiger partial charge in [-0.2, -0.15) is 0 Å². The van der Waals surface area contributed by atoms with Crippen LogP contribution in [0.5, 0.6) is 0 Å². The van der Waals surface area contributed by atoms with E-state index in [9.17, 15) is 24.4 Å². The second-order valence-electron chi connectivity index (χ2n) is 4.76. The van der Waals surface area contributed by atoms with Crippen LogP contribution in [0, 0.1) is 15.9 Å². The third-order valence-corrected chi connectivity index (χ3v) is 2.99. The zero-order valence-corrected chi connectivity index (χ0v) is 10.9. The average molecular weight is 270 g/mol. The molecule has 0 aromatic heterocycles. The van der Waals surface area contributed by atoms with Crippen LogP contribution in [0.4, 0.5) is 10.1 Å². The minimum absolute atomic E-state index is 0.314. The number of rotatable bonds is 4. The molecule has 0 bridgehead atoms. The summed E-state index contributed by atoms with van der Waals surface area (Å²) < 4.78 is 13.6. The van der Waals surface area contributed by atoms with Gasteiger partial charge in [0.1, 0.15) is 5.82 Å². The number of amides is 1. The van der Waals surface area contributed by atoms with E-state index in [1.807, 2.05) is 0 Å². The lowest BCUT2D eigenvalue weighted by molar-refractivity contribution is -0.384. The van der Waals surface area contributed by atoms with Gasteiger partial charge in [-0.3, -0.25) is 14.9 Å². The van der Waals surface area contributed by atoms with Gasteiger partial charge in [0, 0.05) is 19.2 Å². The van der Waals surface area contributed by atoms with E-state index in [4.69, 9.17) is 0 Å². The molecule has 0 saturated heterocycles. The lowest BCUT2D eigenvalue weighted by Gasteiger charge is -2.33. The van der Waals surface area contributed by atoms with Gasteiger partial charge >= 0.3 is 0 Å². The first kappa shape index (κ1) is 15.0. The molecular formula is C12H15FN2O4. The van der Waals surface area contributed by atoms with E-state index in [0.717, 1.165) is 23.1 Å². The van der Waals surface area contributed by atoms with Crippen molar-refractivity contribution >= 4 is 11.6 Å². The Labute approximate surface area is 109 Å². The number of nitro benzene ring substituents is 1. The topological polar surface area (TPSA) is 83.7 Å². The fourth-order valence-corrected chi connectivity index (χ4v) is 1.35. The Kier molecular flexibility index (Phi) is 4.21. The number of carbonyl (C=O) groups excluding carboxylic acids is 1. The third-order valence-electron chi connectivity index (χ3n) is 2.99. The molecule has 0 aliphatic rings. The van der Waals surface area contributed by atoms with Crippen LogP contribution in [0.15, 0.2) is 18.2 Å². The van der Waals surface area contributed by atoms with Crippen molar-refractivity contribution in [2.75, 3.05) is 13.7 Å². The summed E-state index contributed by atoms with van der Waals surface area (Å²) in [5.41, 5.74) is -1.65. The van der Waals surface area contributed by atoms with Gasteiger partial charge in [-0.25, -0.2) is 4.39 Å². The van der Waals surface area contributed by atoms with Crippen molar-refractivity contribution < 1.29 is 19.2 Å². The first-order chi connectivity index (χ1) is 8.70. The van der Waals surface area contributed by atoms with E-state index >= 15 is 0 Å². The van der Waals surface area contributed by atoms with Crippen molar-refractivity contribution in [1.29, 1.82) is 0 Å².